The lowest BCUT2D eigenvalue weighted by Gasteiger charge is -2.12. The van der Waals surface area contributed by atoms with E-state index in [4.69, 9.17) is 22.4 Å². The summed E-state index contributed by atoms with van der Waals surface area (Å²) in [5.41, 5.74) is 6.37. The van der Waals surface area contributed by atoms with Crippen molar-refractivity contribution in [2.24, 2.45) is 5.92 Å². The average Bonchev–Trinajstić information content (AvgIpc) is 3.02. The highest BCUT2D eigenvalue weighted by molar-refractivity contribution is 8.00. The number of hydrogen-bond acceptors (Lipinski definition) is 3. The highest BCUT2D eigenvalue weighted by Crippen LogP contribution is 2.43. The van der Waals surface area contributed by atoms with Gasteiger partial charge in [-0.3, -0.25) is 4.79 Å². The molecule has 3 nitrogen and oxygen atoms in total. The molecule has 0 radical (unpaired) electrons. The minimum absolute atomic E-state index is 0.279. The maximum atomic E-state index is 11.1. The molecule has 0 bridgehead atoms. The third kappa shape index (κ3) is 2.62. The largest absolute Gasteiger partial charge is 0.480 e. The van der Waals surface area contributed by atoms with Crippen LogP contribution in [0.15, 0.2) is 23.1 Å². The van der Waals surface area contributed by atoms with Crippen LogP contribution in [-0.2, 0) is 4.79 Å². The molecular weight excluding hydrogens is 246 g/mol. The van der Waals surface area contributed by atoms with Gasteiger partial charge < -0.3 is 10.8 Å². The Labute approximate surface area is 103 Å². The molecule has 0 heterocycles. The molecule has 16 heavy (non-hydrogen) atoms. The van der Waals surface area contributed by atoms with Crippen molar-refractivity contribution in [3.8, 4) is 0 Å². The Bertz CT molecular complexity index is 420. The topological polar surface area (TPSA) is 63.3 Å². The summed E-state index contributed by atoms with van der Waals surface area (Å²) in [5.74, 6) is -0.493. The van der Waals surface area contributed by atoms with Gasteiger partial charge in [-0.2, -0.15) is 0 Å². The number of thioether (sulfide) groups is 1. The van der Waals surface area contributed by atoms with Crippen LogP contribution in [0.2, 0.25) is 5.02 Å². The summed E-state index contributed by atoms with van der Waals surface area (Å²) < 4.78 is 0. The van der Waals surface area contributed by atoms with Crippen LogP contribution in [0.5, 0.6) is 0 Å². The van der Waals surface area contributed by atoms with Crippen LogP contribution in [0.25, 0.3) is 0 Å². The molecule has 86 valence electrons. The molecule has 3 N–H and O–H groups in total. The third-order valence-corrected chi connectivity index (χ3v) is 4.21. The number of carboxylic acid groups (broad SMARTS) is 1. The first kappa shape index (κ1) is 11.6. The smallest absolute Gasteiger partial charge is 0.317 e. The van der Waals surface area contributed by atoms with Crippen LogP contribution in [0.1, 0.15) is 12.8 Å². The number of benzene rings is 1. The number of halogens is 1. The lowest BCUT2D eigenvalue weighted by atomic mass is 10.3. The van der Waals surface area contributed by atoms with Gasteiger partial charge in [0.25, 0.3) is 0 Å². The van der Waals surface area contributed by atoms with Crippen LogP contribution in [0.3, 0.4) is 0 Å². The highest BCUT2D eigenvalue weighted by atomic mass is 35.5. The number of rotatable bonds is 4. The lowest BCUT2D eigenvalue weighted by molar-refractivity contribution is -0.136. The monoisotopic (exact) mass is 257 g/mol. The number of nitrogens with two attached hydrogens (primary N) is 1. The fraction of sp³-hybridized carbons (Fsp3) is 0.364. The van der Waals surface area contributed by atoms with Crippen molar-refractivity contribution < 1.29 is 9.90 Å². The van der Waals surface area contributed by atoms with Crippen LogP contribution in [0, 0.1) is 5.92 Å². The molecule has 2 rings (SSSR count). The van der Waals surface area contributed by atoms with Gasteiger partial charge in [0.15, 0.2) is 0 Å². The summed E-state index contributed by atoms with van der Waals surface area (Å²) in [5, 5.41) is 9.29. The number of carbonyl (C=O) groups is 1. The van der Waals surface area contributed by atoms with E-state index in [1.807, 2.05) is 0 Å². The van der Waals surface area contributed by atoms with E-state index in [0.717, 1.165) is 17.7 Å². The van der Waals surface area contributed by atoms with Crippen molar-refractivity contribution in [3.05, 3.63) is 23.2 Å². The summed E-state index contributed by atoms with van der Waals surface area (Å²) in [6, 6.07) is 5.13. The van der Waals surface area contributed by atoms with E-state index >= 15 is 0 Å². The normalized spacial score (nSPS) is 17.1. The summed E-state index contributed by atoms with van der Waals surface area (Å²) in [6.07, 6.45) is 1.98. The van der Waals surface area contributed by atoms with E-state index in [1.54, 1.807) is 18.2 Å². The molecule has 0 aromatic heterocycles. The fourth-order valence-corrected chi connectivity index (χ4v) is 2.97. The van der Waals surface area contributed by atoms with Crippen LogP contribution in [0.4, 0.5) is 5.69 Å². The Balaban J connectivity index is 2.17. The second-order valence-corrected chi connectivity index (χ2v) is 5.52. The molecule has 5 heteroatoms. The minimum atomic E-state index is -0.771. The molecule has 0 spiro atoms. The molecular formula is C11H12ClNO2S. The van der Waals surface area contributed by atoms with Gasteiger partial charge in [-0.1, -0.05) is 11.6 Å². The Morgan fingerprint density at radius 3 is 2.81 bits per heavy atom. The van der Waals surface area contributed by atoms with Crippen molar-refractivity contribution in [1.29, 1.82) is 0 Å². The molecule has 1 aliphatic carbocycles. The van der Waals surface area contributed by atoms with Gasteiger partial charge in [0.2, 0.25) is 0 Å². The first-order valence-electron chi connectivity index (χ1n) is 5.02. The Kier molecular flexibility index (Phi) is 3.30. The van der Waals surface area contributed by atoms with Gasteiger partial charge in [-0.25, -0.2) is 0 Å². The van der Waals surface area contributed by atoms with Gasteiger partial charge in [0.1, 0.15) is 5.25 Å². The molecule has 0 amide bonds. The minimum Gasteiger partial charge on any atom is -0.480 e. The van der Waals surface area contributed by atoms with Crippen LogP contribution in [-0.4, -0.2) is 16.3 Å². The second kappa shape index (κ2) is 4.55. The zero-order valence-corrected chi connectivity index (χ0v) is 10.1. The maximum Gasteiger partial charge on any atom is 0.317 e. The highest BCUT2D eigenvalue weighted by Gasteiger charge is 2.37. The van der Waals surface area contributed by atoms with E-state index < -0.39 is 11.2 Å². The Morgan fingerprint density at radius 1 is 1.56 bits per heavy atom. The van der Waals surface area contributed by atoms with Crippen molar-refractivity contribution in [3.63, 3.8) is 0 Å². The lowest BCUT2D eigenvalue weighted by Crippen LogP contribution is -2.18. The predicted molar refractivity (Wildman–Crippen MR) is 65.9 cm³/mol. The molecule has 1 saturated carbocycles. The van der Waals surface area contributed by atoms with Crippen molar-refractivity contribution in [2.45, 2.75) is 23.0 Å². The molecule has 1 atom stereocenters. The standard InChI is InChI=1S/C11H12ClNO2S/c12-7-3-4-8(13)9(5-7)16-10(11(14)15)6-1-2-6/h3-6,10H,1-2,13H2,(H,14,15). The first-order chi connectivity index (χ1) is 7.58. The van der Waals surface area contributed by atoms with Crippen molar-refractivity contribution in [1.82, 2.24) is 0 Å². The first-order valence-corrected chi connectivity index (χ1v) is 6.28. The summed E-state index contributed by atoms with van der Waals surface area (Å²) in [4.78, 5) is 11.8. The molecule has 1 aliphatic rings. The zero-order valence-electron chi connectivity index (χ0n) is 8.52. The number of aliphatic carboxylic acids is 1. The van der Waals surface area contributed by atoms with Gasteiger partial charge in [-0.15, -0.1) is 11.8 Å². The fourth-order valence-electron chi connectivity index (χ4n) is 1.49. The second-order valence-electron chi connectivity index (χ2n) is 3.90. The van der Waals surface area contributed by atoms with Crippen molar-refractivity contribution >= 4 is 35.0 Å². The molecule has 0 saturated heterocycles. The number of anilines is 1. The summed E-state index contributed by atoms with van der Waals surface area (Å²) >= 11 is 7.16. The zero-order chi connectivity index (χ0) is 11.7. The van der Waals surface area contributed by atoms with Gasteiger partial charge in [-0.05, 0) is 37.0 Å². The molecule has 1 unspecified atom stereocenters. The van der Waals surface area contributed by atoms with E-state index in [0.29, 0.717) is 10.7 Å². The molecule has 1 fully saturated rings. The van der Waals surface area contributed by atoms with Crippen LogP contribution >= 0.6 is 23.4 Å². The average molecular weight is 258 g/mol. The van der Waals surface area contributed by atoms with Gasteiger partial charge >= 0.3 is 5.97 Å². The van der Waals surface area contributed by atoms with E-state index in [9.17, 15) is 4.79 Å². The molecule has 1 aromatic rings. The van der Waals surface area contributed by atoms with Crippen molar-refractivity contribution in [2.75, 3.05) is 5.73 Å². The Hall–Kier alpha value is -0.870. The van der Waals surface area contributed by atoms with E-state index in [-0.39, 0.29) is 5.92 Å². The Morgan fingerprint density at radius 2 is 2.25 bits per heavy atom. The SMILES string of the molecule is Nc1ccc(Cl)cc1SC(C(=O)O)C1CC1. The molecule has 1 aromatic carbocycles. The van der Waals surface area contributed by atoms with Crippen LogP contribution < -0.4 is 5.73 Å². The van der Waals surface area contributed by atoms with Gasteiger partial charge in [0.05, 0.1) is 0 Å². The maximum absolute atomic E-state index is 11.1. The molecule has 0 aliphatic heterocycles. The van der Waals surface area contributed by atoms with E-state index in [1.165, 1.54) is 11.8 Å². The predicted octanol–water partition coefficient (Wildman–Crippen LogP) is 2.88. The summed E-state index contributed by atoms with van der Waals surface area (Å²) in [7, 11) is 0. The third-order valence-electron chi connectivity index (χ3n) is 2.52. The summed E-state index contributed by atoms with van der Waals surface area (Å²) in [6.45, 7) is 0. The van der Waals surface area contributed by atoms with Gasteiger partial charge in [0, 0.05) is 15.6 Å². The number of nitrogen functional groups attached to an aromatic ring is 1. The quantitative estimate of drug-likeness (QED) is 0.643. The number of carboxylic acids is 1. The number of hydrogen-bond donors (Lipinski definition) is 2. The van der Waals surface area contributed by atoms with E-state index in [2.05, 4.69) is 0 Å².